The molecule has 7 heteroatoms. The molecule has 1 unspecified atom stereocenters. The number of para-hydroxylation sites is 3. The topological polar surface area (TPSA) is 96.5 Å². The van der Waals surface area contributed by atoms with Crippen LogP contribution in [0.3, 0.4) is 0 Å². The molecule has 1 aliphatic heterocycles. The van der Waals surface area contributed by atoms with Crippen LogP contribution in [-0.4, -0.2) is 30.4 Å². The fourth-order valence-corrected chi connectivity index (χ4v) is 2.85. The number of fused-ring (bicyclic) bond motifs is 1. The number of benzene rings is 2. The van der Waals surface area contributed by atoms with Gasteiger partial charge in [-0.25, -0.2) is 0 Å². The van der Waals surface area contributed by atoms with Crippen molar-refractivity contribution in [1.82, 2.24) is 5.32 Å². The molecule has 0 spiro atoms. The molecule has 2 aromatic rings. The van der Waals surface area contributed by atoms with Crippen molar-refractivity contribution >= 4 is 29.1 Å². The van der Waals surface area contributed by atoms with Crippen LogP contribution in [0.5, 0.6) is 5.75 Å². The average Bonchev–Trinajstić information content (AvgIpc) is 2.78. The van der Waals surface area contributed by atoms with Gasteiger partial charge in [0.05, 0.1) is 23.5 Å². The molecule has 0 fully saturated rings. The normalized spacial score (nSPS) is 15.8. The van der Waals surface area contributed by atoms with Crippen molar-refractivity contribution in [3.63, 3.8) is 0 Å². The second-order valence-electron chi connectivity index (χ2n) is 6.08. The van der Waals surface area contributed by atoms with E-state index in [-0.39, 0.29) is 30.6 Å². The molecule has 0 radical (unpaired) electrons. The zero-order valence-corrected chi connectivity index (χ0v) is 15.0. The van der Waals surface area contributed by atoms with Crippen LogP contribution in [0.15, 0.2) is 48.5 Å². The molecule has 7 nitrogen and oxygen atoms in total. The van der Waals surface area contributed by atoms with Crippen LogP contribution in [-0.2, 0) is 9.59 Å². The summed E-state index contributed by atoms with van der Waals surface area (Å²) >= 11 is 0. The SMILES string of the molecule is CCOc1ccccc1NC(=O)CCC1NC(=O)c2ccccc2NC1=O. The molecule has 2 aromatic carbocycles. The van der Waals surface area contributed by atoms with Gasteiger partial charge < -0.3 is 20.7 Å². The molecule has 0 saturated heterocycles. The Morgan fingerprint density at radius 1 is 1.11 bits per heavy atom. The Morgan fingerprint density at radius 3 is 2.67 bits per heavy atom. The Hall–Kier alpha value is -3.35. The maximum atomic E-state index is 12.4. The highest BCUT2D eigenvalue weighted by Gasteiger charge is 2.27. The fourth-order valence-electron chi connectivity index (χ4n) is 2.85. The van der Waals surface area contributed by atoms with Crippen molar-refractivity contribution in [2.45, 2.75) is 25.8 Å². The molecule has 3 rings (SSSR count). The zero-order valence-electron chi connectivity index (χ0n) is 15.0. The molecule has 0 aromatic heterocycles. The first-order valence-electron chi connectivity index (χ1n) is 8.81. The molecule has 1 atom stereocenters. The van der Waals surface area contributed by atoms with Crippen LogP contribution >= 0.6 is 0 Å². The molecule has 0 aliphatic carbocycles. The quantitative estimate of drug-likeness (QED) is 0.731. The Kier molecular flexibility index (Phi) is 5.71. The van der Waals surface area contributed by atoms with Crippen LogP contribution in [0, 0.1) is 0 Å². The lowest BCUT2D eigenvalue weighted by Gasteiger charge is -2.15. The Labute approximate surface area is 157 Å². The van der Waals surface area contributed by atoms with E-state index in [0.717, 1.165) is 0 Å². The second kappa shape index (κ2) is 8.35. The minimum absolute atomic E-state index is 0.0785. The first kappa shape index (κ1) is 18.4. The standard InChI is InChI=1S/C20H21N3O4/c1-2-27-17-10-6-5-9-15(17)21-18(24)12-11-16-20(26)22-14-8-4-3-7-13(14)19(25)23-16/h3-10,16H,2,11-12H2,1H3,(H,21,24)(H,22,26)(H,23,25). The molecule has 1 heterocycles. The summed E-state index contributed by atoms with van der Waals surface area (Å²) in [5, 5.41) is 8.19. The molecule has 3 amide bonds. The van der Waals surface area contributed by atoms with E-state index in [4.69, 9.17) is 4.74 Å². The van der Waals surface area contributed by atoms with E-state index in [0.29, 0.717) is 29.3 Å². The Bertz CT molecular complexity index is 866. The van der Waals surface area contributed by atoms with Gasteiger partial charge in [-0.1, -0.05) is 24.3 Å². The Balaban J connectivity index is 1.61. The number of anilines is 2. The summed E-state index contributed by atoms with van der Waals surface area (Å²) in [6.07, 6.45) is 0.267. The number of amides is 3. The molecule has 3 N–H and O–H groups in total. The van der Waals surface area contributed by atoms with Crippen LogP contribution in [0.2, 0.25) is 0 Å². The van der Waals surface area contributed by atoms with Gasteiger partial charge >= 0.3 is 0 Å². The summed E-state index contributed by atoms with van der Waals surface area (Å²) < 4.78 is 5.48. The summed E-state index contributed by atoms with van der Waals surface area (Å²) in [5.74, 6) is -0.345. The van der Waals surface area contributed by atoms with E-state index in [2.05, 4.69) is 16.0 Å². The van der Waals surface area contributed by atoms with Crippen molar-refractivity contribution in [3.8, 4) is 5.75 Å². The third-order valence-electron chi connectivity index (χ3n) is 4.17. The van der Waals surface area contributed by atoms with Gasteiger partial charge in [-0.05, 0) is 37.6 Å². The third kappa shape index (κ3) is 4.44. The number of rotatable bonds is 6. The smallest absolute Gasteiger partial charge is 0.254 e. The highest BCUT2D eigenvalue weighted by Crippen LogP contribution is 2.24. The van der Waals surface area contributed by atoms with E-state index in [1.165, 1.54) is 0 Å². The molecule has 0 bridgehead atoms. The molecule has 27 heavy (non-hydrogen) atoms. The minimum atomic E-state index is -0.780. The first-order chi connectivity index (χ1) is 13.1. The Morgan fingerprint density at radius 2 is 1.85 bits per heavy atom. The lowest BCUT2D eigenvalue weighted by molar-refractivity contribution is -0.118. The molecule has 1 aliphatic rings. The predicted molar refractivity (Wildman–Crippen MR) is 102 cm³/mol. The van der Waals surface area contributed by atoms with Crippen molar-refractivity contribution in [3.05, 3.63) is 54.1 Å². The number of carbonyl (C=O) groups is 3. The average molecular weight is 367 g/mol. The monoisotopic (exact) mass is 367 g/mol. The van der Waals surface area contributed by atoms with Gasteiger partial charge in [0, 0.05) is 6.42 Å². The van der Waals surface area contributed by atoms with Crippen molar-refractivity contribution in [1.29, 1.82) is 0 Å². The zero-order chi connectivity index (χ0) is 19.2. The van der Waals surface area contributed by atoms with Gasteiger partial charge in [-0.3, -0.25) is 14.4 Å². The van der Waals surface area contributed by atoms with E-state index in [9.17, 15) is 14.4 Å². The first-order valence-corrected chi connectivity index (χ1v) is 8.81. The van der Waals surface area contributed by atoms with Gasteiger partial charge in [0.1, 0.15) is 11.8 Å². The molecule has 140 valence electrons. The maximum absolute atomic E-state index is 12.4. The summed E-state index contributed by atoms with van der Waals surface area (Å²) in [5.41, 5.74) is 1.45. The number of ether oxygens (including phenoxy) is 1. The largest absolute Gasteiger partial charge is 0.492 e. The highest BCUT2D eigenvalue weighted by atomic mass is 16.5. The molecule has 0 saturated carbocycles. The van der Waals surface area contributed by atoms with Gasteiger partial charge in [0.15, 0.2) is 0 Å². The van der Waals surface area contributed by atoms with Crippen molar-refractivity contribution in [2.24, 2.45) is 0 Å². The van der Waals surface area contributed by atoms with Gasteiger partial charge in [-0.15, -0.1) is 0 Å². The second-order valence-corrected chi connectivity index (χ2v) is 6.08. The number of hydrogen-bond donors (Lipinski definition) is 3. The number of carbonyl (C=O) groups excluding carboxylic acids is 3. The lowest BCUT2D eigenvalue weighted by atomic mass is 10.1. The van der Waals surface area contributed by atoms with Crippen LogP contribution in [0.4, 0.5) is 11.4 Å². The predicted octanol–water partition coefficient (Wildman–Crippen LogP) is 2.55. The van der Waals surface area contributed by atoms with Gasteiger partial charge in [0.25, 0.3) is 5.91 Å². The lowest BCUT2D eigenvalue weighted by Crippen LogP contribution is -2.41. The summed E-state index contributed by atoms with van der Waals surface area (Å²) in [7, 11) is 0. The summed E-state index contributed by atoms with van der Waals surface area (Å²) in [6, 6.07) is 13.2. The summed E-state index contributed by atoms with van der Waals surface area (Å²) in [4.78, 5) is 36.9. The maximum Gasteiger partial charge on any atom is 0.254 e. The van der Waals surface area contributed by atoms with E-state index >= 15 is 0 Å². The van der Waals surface area contributed by atoms with Crippen molar-refractivity contribution < 1.29 is 19.1 Å². The highest BCUT2D eigenvalue weighted by molar-refractivity contribution is 6.10. The van der Waals surface area contributed by atoms with E-state index in [1.54, 1.807) is 42.5 Å². The van der Waals surface area contributed by atoms with E-state index < -0.39 is 6.04 Å². The molecular formula is C20H21N3O4. The van der Waals surface area contributed by atoms with E-state index in [1.807, 2.05) is 13.0 Å². The minimum Gasteiger partial charge on any atom is -0.492 e. The van der Waals surface area contributed by atoms with Gasteiger partial charge in [0.2, 0.25) is 11.8 Å². The number of hydrogen-bond acceptors (Lipinski definition) is 4. The van der Waals surface area contributed by atoms with Gasteiger partial charge in [-0.2, -0.15) is 0 Å². The van der Waals surface area contributed by atoms with Crippen LogP contribution in [0.1, 0.15) is 30.1 Å². The fraction of sp³-hybridized carbons (Fsp3) is 0.250. The molecular weight excluding hydrogens is 346 g/mol. The van der Waals surface area contributed by atoms with Crippen molar-refractivity contribution in [2.75, 3.05) is 17.2 Å². The van der Waals surface area contributed by atoms with Crippen LogP contribution in [0.25, 0.3) is 0 Å². The summed E-state index contributed by atoms with van der Waals surface area (Å²) in [6.45, 7) is 2.35. The number of nitrogens with one attached hydrogen (secondary N) is 3. The van der Waals surface area contributed by atoms with Crippen LogP contribution < -0.4 is 20.7 Å². The third-order valence-corrected chi connectivity index (χ3v) is 4.17.